The van der Waals surface area contributed by atoms with Gasteiger partial charge in [-0.2, -0.15) is 0 Å². The summed E-state index contributed by atoms with van der Waals surface area (Å²) < 4.78 is 10.3. The molecule has 0 aliphatic heterocycles. The largest absolute Gasteiger partial charge is 0.449 e. The quantitative estimate of drug-likeness (QED) is 0.597. The van der Waals surface area contributed by atoms with Gasteiger partial charge in [0.15, 0.2) is 0 Å². The normalized spacial score (nSPS) is 11.0. The maximum Gasteiger partial charge on any atom is 0.420 e. The van der Waals surface area contributed by atoms with E-state index in [1.54, 1.807) is 20.8 Å². The van der Waals surface area contributed by atoms with Crippen LogP contribution in [-0.4, -0.2) is 39.3 Å². The van der Waals surface area contributed by atoms with Gasteiger partial charge >= 0.3 is 12.2 Å². The molecular formula is C15H22ClN3O4. The van der Waals surface area contributed by atoms with Gasteiger partial charge in [-0.3, -0.25) is 0 Å². The highest BCUT2D eigenvalue weighted by atomic mass is 35.5. The number of carbonyl (C=O) groups excluding carboxylic acids is 2. The van der Waals surface area contributed by atoms with E-state index in [1.165, 1.54) is 12.4 Å². The van der Waals surface area contributed by atoms with E-state index < -0.39 is 17.8 Å². The first-order valence-corrected chi connectivity index (χ1v) is 7.74. The van der Waals surface area contributed by atoms with Crippen molar-refractivity contribution in [3.05, 3.63) is 23.2 Å². The van der Waals surface area contributed by atoms with E-state index in [0.29, 0.717) is 5.56 Å². The van der Waals surface area contributed by atoms with E-state index in [2.05, 4.69) is 9.97 Å². The third-order valence-corrected chi connectivity index (χ3v) is 2.77. The smallest absolute Gasteiger partial charge is 0.420 e. The lowest BCUT2D eigenvalue weighted by Gasteiger charge is -2.25. The third-order valence-electron chi connectivity index (χ3n) is 2.57. The van der Waals surface area contributed by atoms with E-state index >= 15 is 0 Å². The molecule has 0 spiro atoms. The molecule has 0 aliphatic rings. The summed E-state index contributed by atoms with van der Waals surface area (Å²) in [5.74, 6) is 0. The van der Waals surface area contributed by atoms with Crippen LogP contribution in [0.2, 0.25) is 5.28 Å². The van der Waals surface area contributed by atoms with Gasteiger partial charge < -0.3 is 9.47 Å². The molecule has 128 valence electrons. The van der Waals surface area contributed by atoms with E-state index in [9.17, 15) is 9.59 Å². The van der Waals surface area contributed by atoms with Crippen molar-refractivity contribution in [2.75, 3.05) is 6.61 Å². The molecule has 0 unspecified atom stereocenters. The SMILES string of the molecule is CCCCOC(=O)N(Cc1cnc(Cl)nc1)C(=O)OC(C)(C)C. The van der Waals surface area contributed by atoms with Crippen LogP contribution >= 0.6 is 11.6 Å². The second kappa shape index (κ2) is 8.67. The topological polar surface area (TPSA) is 81.6 Å². The second-order valence-electron chi connectivity index (χ2n) is 5.89. The minimum absolute atomic E-state index is 0.0585. The lowest BCUT2D eigenvalue weighted by atomic mass is 10.2. The Hall–Kier alpha value is -1.89. The molecule has 2 amide bonds. The van der Waals surface area contributed by atoms with E-state index in [0.717, 1.165) is 17.7 Å². The van der Waals surface area contributed by atoms with Gasteiger partial charge in [0.1, 0.15) is 5.60 Å². The lowest BCUT2D eigenvalue weighted by molar-refractivity contribution is 0.0202. The van der Waals surface area contributed by atoms with E-state index in [-0.39, 0.29) is 18.4 Å². The molecule has 0 N–H and O–H groups in total. The number of nitrogens with zero attached hydrogens (tertiary/aromatic N) is 3. The second-order valence-corrected chi connectivity index (χ2v) is 6.23. The fourth-order valence-corrected chi connectivity index (χ4v) is 1.60. The number of imide groups is 1. The summed E-state index contributed by atoms with van der Waals surface area (Å²) in [5, 5.41) is 0.0862. The van der Waals surface area contributed by atoms with E-state index in [1.807, 2.05) is 6.92 Å². The summed E-state index contributed by atoms with van der Waals surface area (Å²) in [5.41, 5.74) is -0.192. The van der Waals surface area contributed by atoms with Crippen LogP contribution < -0.4 is 0 Å². The molecule has 1 aromatic heterocycles. The van der Waals surface area contributed by atoms with Crippen LogP contribution in [0.15, 0.2) is 12.4 Å². The van der Waals surface area contributed by atoms with Gasteiger partial charge in [-0.25, -0.2) is 24.5 Å². The van der Waals surface area contributed by atoms with Crippen LogP contribution in [0.25, 0.3) is 0 Å². The fourth-order valence-electron chi connectivity index (χ4n) is 1.51. The van der Waals surface area contributed by atoms with Crippen molar-refractivity contribution in [2.24, 2.45) is 0 Å². The summed E-state index contributed by atoms with van der Waals surface area (Å²) in [6, 6.07) is 0. The number of hydrogen-bond acceptors (Lipinski definition) is 6. The van der Waals surface area contributed by atoms with Crippen molar-refractivity contribution in [3.63, 3.8) is 0 Å². The van der Waals surface area contributed by atoms with Gasteiger partial charge in [0.25, 0.3) is 0 Å². The Morgan fingerprint density at radius 2 is 1.83 bits per heavy atom. The van der Waals surface area contributed by atoms with Crippen LogP contribution in [0.5, 0.6) is 0 Å². The molecule has 0 fully saturated rings. The molecule has 0 aromatic carbocycles. The molecule has 23 heavy (non-hydrogen) atoms. The van der Waals surface area contributed by atoms with Crippen molar-refractivity contribution in [1.82, 2.24) is 14.9 Å². The van der Waals surface area contributed by atoms with Crippen molar-refractivity contribution in [1.29, 1.82) is 0 Å². The Labute approximate surface area is 140 Å². The van der Waals surface area contributed by atoms with Crippen LogP contribution in [0.3, 0.4) is 0 Å². The number of hydrogen-bond donors (Lipinski definition) is 0. The number of amides is 2. The highest BCUT2D eigenvalue weighted by Crippen LogP contribution is 2.14. The van der Waals surface area contributed by atoms with Crippen LogP contribution in [0.4, 0.5) is 9.59 Å². The molecule has 0 bridgehead atoms. The first-order valence-electron chi connectivity index (χ1n) is 7.36. The van der Waals surface area contributed by atoms with Gasteiger partial charge in [-0.15, -0.1) is 0 Å². The Morgan fingerprint density at radius 3 is 2.35 bits per heavy atom. The summed E-state index contributed by atoms with van der Waals surface area (Å²) in [7, 11) is 0. The Morgan fingerprint density at radius 1 is 1.22 bits per heavy atom. The zero-order valence-electron chi connectivity index (χ0n) is 13.8. The molecule has 0 atom stereocenters. The number of ether oxygens (including phenoxy) is 2. The van der Waals surface area contributed by atoms with Gasteiger partial charge in [0, 0.05) is 18.0 Å². The monoisotopic (exact) mass is 343 g/mol. The molecule has 1 rings (SSSR count). The molecular weight excluding hydrogens is 322 g/mol. The van der Waals surface area contributed by atoms with Gasteiger partial charge in [-0.1, -0.05) is 13.3 Å². The Kier molecular flexibility index (Phi) is 7.22. The lowest BCUT2D eigenvalue weighted by Crippen LogP contribution is -2.40. The molecule has 0 saturated heterocycles. The number of carbonyl (C=O) groups is 2. The Balaban J connectivity index is 2.84. The molecule has 0 aliphatic carbocycles. The summed E-state index contributed by atoms with van der Waals surface area (Å²) in [6.45, 7) is 7.32. The molecule has 1 aromatic rings. The van der Waals surface area contributed by atoms with Crippen molar-refractivity contribution in [3.8, 4) is 0 Å². The summed E-state index contributed by atoms with van der Waals surface area (Å²) in [4.78, 5) is 32.9. The highest BCUT2D eigenvalue weighted by molar-refractivity contribution is 6.28. The standard InChI is InChI=1S/C15H22ClN3O4/c1-5-6-7-22-13(20)19(14(21)23-15(2,3)4)10-11-8-17-12(16)18-9-11/h8-9H,5-7,10H2,1-4H3. The number of halogens is 1. The predicted octanol–water partition coefficient (Wildman–Crippen LogP) is 3.80. The minimum Gasteiger partial charge on any atom is -0.449 e. The molecule has 0 radical (unpaired) electrons. The van der Waals surface area contributed by atoms with Crippen molar-refractivity contribution >= 4 is 23.8 Å². The van der Waals surface area contributed by atoms with Gasteiger partial charge in [-0.05, 0) is 38.8 Å². The minimum atomic E-state index is -0.783. The molecule has 8 heteroatoms. The van der Waals surface area contributed by atoms with E-state index in [4.69, 9.17) is 21.1 Å². The number of unbranched alkanes of at least 4 members (excludes halogenated alkanes) is 1. The van der Waals surface area contributed by atoms with Crippen LogP contribution in [0, 0.1) is 0 Å². The maximum atomic E-state index is 12.2. The zero-order valence-corrected chi connectivity index (χ0v) is 14.6. The first kappa shape index (κ1) is 19.2. The fraction of sp³-hybridized carbons (Fsp3) is 0.600. The van der Waals surface area contributed by atoms with Crippen LogP contribution in [0.1, 0.15) is 46.1 Å². The summed E-state index contributed by atoms with van der Waals surface area (Å²) in [6.07, 6.45) is 2.93. The van der Waals surface area contributed by atoms with Crippen LogP contribution in [-0.2, 0) is 16.0 Å². The Bertz CT molecular complexity index is 529. The van der Waals surface area contributed by atoms with Gasteiger partial charge in [0.05, 0.1) is 13.2 Å². The number of rotatable bonds is 5. The molecule has 0 saturated carbocycles. The highest BCUT2D eigenvalue weighted by Gasteiger charge is 2.28. The predicted molar refractivity (Wildman–Crippen MR) is 85.1 cm³/mol. The molecule has 7 nitrogen and oxygen atoms in total. The zero-order chi connectivity index (χ0) is 17.5. The third kappa shape index (κ3) is 7.27. The van der Waals surface area contributed by atoms with Crippen molar-refractivity contribution < 1.29 is 19.1 Å². The maximum absolute atomic E-state index is 12.2. The first-order chi connectivity index (χ1) is 10.7. The molecule has 1 heterocycles. The average molecular weight is 344 g/mol. The van der Waals surface area contributed by atoms with Gasteiger partial charge in [0.2, 0.25) is 5.28 Å². The number of aromatic nitrogens is 2. The van der Waals surface area contributed by atoms with Crippen molar-refractivity contribution in [2.45, 2.75) is 52.7 Å². The summed E-state index contributed by atoms with van der Waals surface area (Å²) >= 11 is 5.63. The average Bonchev–Trinajstić information content (AvgIpc) is 2.44.